The molecule has 7 heteroatoms. The van der Waals surface area contributed by atoms with Crippen LogP contribution in [-0.2, 0) is 14.8 Å². The standard InChI is InChI=1S/C21H26N2O4S/c1-14-8-9-20(15(2)10-14)22-21(24)18-6-5-7-19(11-18)28(25,26)23-12-16(3)27-17(4)13-23/h5-11,16-17H,12-13H2,1-4H3,(H,22,24). The maximum atomic E-state index is 13.0. The van der Waals surface area contributed by atoms with Crippen molar-refractivity contribution < 1.29 is 17.9 Å². The number of carbonyl (C=O) groups excluding carboxylic acids is 1. The average Bonchev–Trinajstić information content (AvgIpc) is 2.63. The Bertz CT molecular complexity index is 978. The first-order valence-corrected chi connectivity index (χ1v) is 10.7. The third-order valence-electron chi connectivity index (χ3n) is 4.75. The van der Waals surface area contributed by atoms with E-state index in [0.29, 0.717) is 24.3 Å². The first kappa shape index (κ1) is 20.5. The van der Waals surface area contributed by atoms with Crippen LogP contribution in [-0.4, -0.2) is 43.9 Å². The summed E-state index contributed by atoms with van der Waals surface area (Å²) in [5, 5.41) is 2.86. The predicted octanol–water partition coefficient (Wildman–Crippen LogP) is 3.35. The Balaban J connectivity index is 1.84. The van der Waals surface area contributed by atoms with Crippen LogP contribution in [0.5, 0.6) is 0 Å². The number of sulfonamides is 1. The van der Waals surface area contributed by atoms with E-state index < -0.39 is 10.0 Å². The Morgan fingerprint density at radius 2 is 1.75 bits per heavy atom. The van der Waals surface area contributed by atoms with Gasteiger partial charge in [0.15, 0.2) is 0 Å². The molecule has 1 heterocycles. The van der Waals surface area contributed by atoms with Gasteiger partial charge in [-0.25, -0.2) is 8.42 Å². The van der Waals surface area contributed by atoms with Gasteiger partial charge in [0.2, 0.25) is 10.0 Å². The Morgan fingerprint density at radius 3 is 2.39 bits per heavy atom. The van der Waals surface area contributed by atoms with Crippen molar-refractivity contribution in [3.8, 4) is 0 Å². The van der Waals surface area contributed by atoms with Crippen molar-refractivity contribution in [2.24, 2.45) is 0 Å². The Hall–Kier alpha value is -2.22. The smallest absolute Gasteiger partial charge is 0.255 e. The number of hydrogen-bond acceptors (Lipinski definition) is 4. The normalized spacial score (nSPS) is 20.7. The molecule has 1 aliphatic rings. The van der Waals surface area contributed by atoms with Crippen LogP contribution < -0.4 is 5.32 Å². The first-order valence-electron chi connectivity index (χ1n) is 9.31. The topological polar surface area (TPSA) is 75.7 Å². The molecule has 3 rings (SSSR count). The van der Waals surface area contributed by atoms with Crippen molar-refractivity contribution in [2.75, 3.05) is 18.4 Å². The molecule has 0 spiro atoms. The molecule has 6 nitrogen and oxygen atoms in total. The van der Waals surface area contributed by atoms with E-state index in [1.54, 1.807) is 12.1 Å². The summed E-state index contributed by atoms with van der Waals surface area (Å²) in [6.07, 6.45) is -0.343. The summed E-state index contributed by atoms with van der Waals surface area (Å²) in [4.78, 5) is 12.8. The van der Waals surface area contributed by atoms with Gasteiger partial charge in [0.1, 0.15) is 0 Å². The van der Waals surface area contributed by atoms with Gasteiger partial charge in [-0.1, -0.05) is 23.8 Å². The molecule has 1 amide bonds. The summed E-state index contributed by atoms with van der Waals surface area (Å²) in [6, 6.07) is 11.9. The summed E-state index contributed by atoms with van der Waals surface area (Å²) in [5.41, 5.74) is 3.07. The van der Waals surface area contributed by atoms with E-state index in [9.17, 15) is 13.2 Å². The monoisotopic (exact) mass is 402 g/mol. The van der Waals surface area contributed by atoms with E-state index in [4.69, 9.17) is 4.74 Å². The van der Waals surface area contributed by atoms with E-state index in [1.807, 2.05) is 45.9 Å². The van der Waals surface area contributed by atoms with Gasteiger partial charge in [0, 0.05) is 24.3 Å². The van der Waals surface area contributed by atoms with E-state index in [-0.39, 0.29) is 23.0 Å². The fraction of sp³-hybridized carbons (Fsp3) is 0.381. The van der Waals surface area contributed by atoms with Crippen molar-refractivity contribution in [1.82, 2.24) is 4.31 Å². The molecule has 0 aromatic heterocycles. The van der Waals surface area contributed by atoms with Crippen LogP contribution in [0, 0.1) is 13.8 Å². The summed E-state index contributed by atoms with van der Waals surface area (Å²) in [6.45, 7) is 8.21. The maximum absolute atomic E-state index is 13.0. The Kier molecular flexibility index (Phi) is 5.88. The van der Waals surface area contributed by atoms with Crippen LogP contribution in [0.25, 0.3) is 0 Å². The number of hydrogen-bond donors (Lipinski definition) is 1. The van der Waals surface area contributed by atoms with E-state index in [2.05, 4.69) is 5.32 Å². The van der Waals surface area contributed by atoms with Crippen molar-refractivity contribution in [3.63, 3.8) is 0 Å². The second-order valence-corrected chi connectivity index (χ2v) is 9.32. The highest BCUT2D eigenvalue weighted by Crippen LogP contribution is 2.23. The molecule has 2 aromatic carbocycles. The molecule has 2 atom stereocenters. The number of aryl methyl sites for hydroxylation is 2. The summed E-state index contributed by atoms with van der Waals surface area (Å²) in [7, 11) is -3.70. The minimum absolute atomic E-state index is 0.113. The zero-order chi connectivity index (χ0) is 20.5. The van der Waals surface area contributed by atoms with Crippen molar-refractivity contribution in [3.05, 3.63) is 59.2 Å². The zero-order valence-electron chi connectivity index (χ0n) is 16.6. The lowest BCUT2D eigenvalue weighted by molar-refractivity contribution is -0.0440. The largest absolute Gasteiger partial charge is 0.373 e. The molecule has 2 unspecified atom stereocenters. The third-order valence-corrected chi connectivity index (χ3v) is 6.58. The maximum Gasteiger partial charge on any atom is 0.255 e. The molecule has 28 heavy (non-hydrogen) atoms. The molecule has 1 saturated heterocycles. The van der Waals surface area contributed by atoms with Crippen LogP contribution in [0.1, 0.15) is 35.3 Å². The minimum atomic E-state index is -3.70. The second-order valence-electron chi connectivity index (χ2n) is 7.38. The highest BCUT2D eigenvalue weighted by Gasteiger charge is 2.32. The molecule has 1 aliphatic heterocycles. The lowest BCUT2D eigenvalue weighted by Crippen LogP contribution is -2.48. The van der Waals surface area contributed by atoms with Gasteiger partial charge in [-0.15, -0.1) is 0 Å². The van der Waals surface area contributed by atoms with Crippen LogP contribution >= 0.6 is 0 Å². The number of nitrogens with one attached hydrogen (secondary N) is 1. The number of rotatable bonds is 4. The fourth-order valence-corrected chi connectivity index (χ4v) is 5.06. The van der Waals surface area contributed by atoms with E-state index in [1.165, 1.54) is 16.4 Å². The summed E-state index contributed by atoms with van der Waals surface area (Å²) < 4.78 is 33.1. The van der Waals surface area contributed by atoms with Gasteiger partial charge in [0.25, 0.3) is 5.91 Å². The van der Waals surface area contributed by atoms with Crippen molar-refractivity contribution in [2.45, 2.75) is 44.8 Å². The number of anilines is 1. The van der Waals surface area contributed by atoms with Crippen LogP contribution in [0.2, 0.25) is 0 Å². The molecule has 0 saturated carbocycles. The van der Waals surface area contributed by atoms with Gasteiger partial charge >= 0.3 is 0 Å². The number of nitrogens with zero attached hydrogens (tertiary/aromatic N) is 1. The molecule has 1 N–H and O–H groups in total. The summed E-state index contributed by atoms with van der Waals surface area (Å²) >= 11 is 0. The van der Waals surface area contributed by atoms with Gasteiger partial charge < -0.3 is 10.1 Å². The molecular weight excluding hydrogens is 376 g/mol. The van der Waals surface area contributed by atoms with Crippen LogP contribution in [0.4, 0.5) is 5.69 Å². The van der Waals surface area contributed by atoms with E-state index in [0.717, 1.165) is 11.1 Å². The highest BCUT2D eigenvalue weighted by atomic mass is 32.2. The van der Waals surface area contributed by atoms with Gasteiger partial charge in [0.05, 0.1) is 17.1 Å². The first-order chi connectivity index (χ1) is 13.2. The molecule has 0 radical (unpaired) electrons. The molecule has 150 valence electrons. The predicted molar refractivity (Wildman–Crippen MR) is 109 cm³/mol. The number of amides is 1. The number of ether oxygens (including phenoxy) is 1. The van der Waals surface area contributed by atoms with Gasteiger partial charge in [-0.2, -0.15) is 4.31 Å². The third kappa shape index (κ3) is 4.43. The number of benzene rings is 2. The van der Waals surface area contributed by atoms with Gasteiger partial charge in [-0.05, 0) is 57.5 Å². The van der Waals surface area contributed by atoms with Crippen LogP contribution in [0.15, 0.2) is 47.4 Å². The number of morpholine rings is 1. The minimum Gasteiger partial charge on any atom is -0.373 e. The Morgan fingerprint density at radius 1 is 1.07 bits per heavy atom. The van der Waals surface area contributed by atoms with Crippen molar-refractivity contribution >= 4 is 21.6 Å². The number of carbonyl (C=O) groups is 1. The molecule has 1 fully saturated rings. The highest BCUT2D eigenvalue weighted by molar-refractivity contribution is 7.89. The molecule has 0 bridgehead atoms. The molecular formula is C21H26N2O4S. The van der Waals surface area contributed by atoms with Crippen molar-refractivity contribution in [1.29, 1.82) is 0 Å². The Labute approximate surface area is 166 Å². The lowest BCUT2D eigenvalue weighted by atomic mass is 10.1. The zero-order valence-corrected chi connectivity index (χ0v) is 17.4. The summed E-state index contributed by atoms with van der Waals surface area (Å²) in [5.74, 6) is -0.340. The lowest BCUT2D eigenvalue weighted by Gasteiger charge is -2.34. The van der Waals surface area contributed by atoms with E-state index >= 15 is 0 Å². The second kappa shape index (κ2) is 8.03. The van der Waals surface area contributed by atoms with Gasteiger partial charge in [-0.3, -0.25) is 4.79 Å². The SMILES string of the molecule is Cc1ccc(NC(=O)c2cccc(S(=O)(=O)N3CC(C)OC(C)C3)c2)c(C)c1. The fourth-order valence-electron chi connectivity index (χ4n) is 3.42. The van der Waals surface area contributed by atoms with Crippen LogP contribution in [0.3, 0.4) is 0 Å². The molecule has 2 aromatic rings. The average molecular weight is 403 g/mol. The quantitative estimate of drug-likeness (QED) is 0.851. The molecule has 0 aliphatic carbocycles.